The van der Waals surface area contributed by atoms with Gasteiger partial charge in [-0.15, -0.1) is 0 Å². The molecule has 2 atom stereocenters. The highest BCUT2D eigenvalue weighted by Gasteiger charge is 2.33. The number of nitrogens with one attached hydrogen (secondary N) is 1. The van der Waals surface area contributed by atoms with Crippen LogP contribution < -0.4 is 4.72 Å². The Bertz CT molecular complexity index is 507. The summed E-state index contributed by atoms with van der Waals surface area (Å²) in [4.78, 5) is 6.82. The van der Waals surface area contributed by atoms with Crippen LogP contribution in [0.2, 0.25) is 0 Å². The number of hydrogen-bond donors (Lipinski definition) is 1. The molecule has 18 heavy (non-hydrogen) atoms. The van der Waals surface area contributed by atoms with E-state index in [1.165, 1.54) is 17.5 Å². The average Bonchev–Trinajstić information content (AvgIpc) is 2.67. The van der Waals surface area contributed by atoms with Gasteiger partial charge in [0.1, 0.15) is 5.84 Å². The summed E-state index contributed by atoms with van der Waals surface area (Å²) in [6.45, 7) is 7.61. The molecule has 0 saturated carbocycles. The molecule has 0 aromatic carbocycles. The number of hydrogen-bond acceptors (Lipinski definition) is 4. The van der Waals surface area contributed by atoms with Crippen LogP contribution in [0.3, 0.4) is 0 Å². The van der Waals surface area contributed by atoms with Crippen molar-refractivity contribution in [3.63, 3.8) is 0 Å². The van der Waals surface area contributed by atoms with Crippen LogP contribution in [-0.2, 0) is 10.0 Å². The quantitative estimate of drug-likeness (QED) is 0.831. The standard InChI is InChI=1S/C12H21N3O2S/c1-8-9(2)14-10(3)15-7-11(5-12(8)15)6-13-18(4,16)17/h9,11,13H,5-7H2,1-4H3/t9-,11?/m0/s1. The Hall–Kier alpha value is -0.880. The number of aliphatic imine (C=N–C) groups is 1. The first-order valence-electron chi connectivity index (χ1n) is 6.24. The summed E-state index contributed by atoms with van der Waals surface area (Å²) in [5, 5.41) is 0. The van der Waals surface area contributed by atoms with E-state index in [0.29, 0.717) is 12.5 Å². The summed E-state index contributed by atoms with van der Waals surface area (Å²) in [7, 11) is -3.10. The van der Waals surface area contributed by atoms with Crippen molar-refractivity contribution in [3.05, 3.63) is 11.3 Å². The molecule has 0 aromatic rings. The molecule has 0 aliphatic carbocycles. The Kier molecular flexibility index (Phi) is 3.51. The highest BCUT2D eigenvalue weighted by Crippen LogP contribution is 2.33. The van der Waals surface area contributed by atoms with Crippen LogP contribution in [0.5, 0.6) is 0 Å². The first-order valence-corrected chi connectivity index (χ1v) is 8.13. The van der Waals surface area contributed by atoms with Gasteiger partial charge in [0.25, 0.3) is 0 Å². The molecule has 1 saturated heterocycles. The highest BCUT2D eigenvalue weighted by atomic mass is 32.2. The molecule has 102 valence electrons. The molecular weight excluding hydrogens is 250 g/mol. The molecule has 0 amide bonds. The molecular formula is C12H21N3O2S. The van der Waals surface area contributed by atoms with Crippen LogP contribution in [0.25, 0.3) is 0 Å². The summed E-state index contributed by atoms with van der Waals surface area (Å²) in [6, 6.07) is 0.248. The molecule has 0 spiro atoms. The second kappa shape index (κ2) is 4.66. The molecule has 2 aliphatic rings. The third kappa shape index (κ3) is 2.75. The Morgan fingerprint density at radius 2 is 2.11 bits per heavy atom. The minimum Gasteiger partial charge on any atom is -0.334 e. The van der Waals surface area contributed by atoms with E-state index in [2.05, 4.69) is 28.5 Å². The zero-order chi connectivity index (χ0) is 13.5. The monoisotopic (exact) mass is 271 g/mol. The highest BCUT2D eigenvalue weighted by molar-refractivity contribution is 7.88. The summed E-state index contributed by atoms with van der Waals surface area (Å²) >= 11 is 0. The van der Waals surface area contributed by atoms with Gasteiger partial charge in [-0.1, -0.05) is 0 Å². The van der Waals surface area contributed by atoms with Gasteiger partial charge in [0.2, 0.25) is 10.0 Å². The number of allylic oxidation sites excluding steroid dienone is 1. The fourth-order valence-electron chi connectivity index (χ4n) is 2.61. The fraction of sp³-hybridized carbons (Fsp3) is 0.750. The third-order valence-electron chi connectivity index (χ3n) is 3.74. The fourth-order valence-corrected chi connectivity index (χ4v) is 3.15. The van der Waals surface area contributed by atoms with Crippen molar-refractivity contribution < 1.29 is 8.42 Å². The zero-order valence-electron chi connectivity index (χ0n) is 11.4. The van der Waals surface area contributed by atoms with Gasteiger partial charge < -0.3 is 4.90 Å². The van der Waals surface area contributed by atoms with Crippen molar-refractivity contribution in [1.29, 1.82) is 0 Å². The van der Waals surface area contributed by atoms with E-state index in [9.17, 15) is 8.42 Å². The maximum absolute atomic E-state index is 11.1. The largest absolute Gasteiger partial charge is 0.334 e. The molecule has 5 nitrogen and oxygen atoms in total. The van der Waals surface area contributed by atoms with Crippen LogP contribution in [0.15, 0.2) is 16.3 Å². The van der Waals surface area contributed by atoms with Gasteiger partial charge in [0.05, 0.1) is 12.3 Å². The van der Waals surface area contributed by atoms with Crippen LogP contribution in [0.1, 0.15) is 27.2 Å². The van der Waals surface area contributed by atoms with Crippen LogP contribution in [0, 0.1) is 5.92 Å². The molecule has 1 N–H and O–H groups in total. The van der Waals surface area contributed by atoms with Crippen molar-refractivity contribution in [2.75, 3.05) is 19.3 Å². The summed E-state index contributed by atoms with van der Waals surface area (Å²) in [5.41, 5.74) is 2.64. The lowest BCUT2D eigenvalue weighted by atomic mass is 10.0. The number of fused-ring (bicyclic) bond motifs is 1. The van der Waals surface area contributed by atoms with Crippen LogP contribution >= 0.6 is 0 Å². The molecule has 0 bridgehead atoms. The first kappa shape index (κ1) is 13.5. The zero-order valence-corrected chi connectivity index (χ0v) is 12.2. The molecule has 2 aliphatic heterocycles. The van der Waals surface area contributed by atoms with E-state index >= 15 is 0 Å². The van der Waals surface area contributed by atoms with Crippen molar-refractivity contribution in [1.82, 2.24) is 9.62 Å². The minimum absolute atomic E-state index is 0.248. The maximum atomic E-state index is 11.1. The predicted molar refractivity (Wildman–Crippen MR) is 72.9 cm³/mol. The molecule has 2 heterocycles. The van der Waals surface area contributed by atoms with Gasteiger partial charge in [-0.2, -0.15) is 0 Å². The lowest BCUT2D eigenvalue weighted by molar-refractivity contribution is 0.480. The van der Waals surface area contributed by atoms with E-state index in [-0.39, 0.29) is 6.04 Å². The second-order valence-corrected chi connectivity index (χ2v) is 7.12. The molecule has 0 radical (unpaired) electrons. The summed E-state index contributed by atoms with van der Waals surface area (Å²) < 4.78 is 24.8. The normalized spacial score (nSPS) is 28.4. The first-order chi connectivity index (χ1) is 8.28. The van der Waals surface area contributed by atoms with E-state index in [1.54, 1.807) is 0 Å². The Labute approximate surface area is 109 Å². The van der Waals surface area contributed by atoms with Crippen LogP contribution in [-0.4, -0.2) is 44.5 Å². The van der Waals surface area contributed by atoms with Gasteiger partial charge in [0.15, 0.2) is 0 Å². The predicted octanol–water partition coefficient (Wildman–Crippen LogP) is 0.952. The Balaban J connectivity index is 2.09. The summed E-state index contributed by atoms with van der Waals surface area (Å²) in [5.74, 6) is 1.38. The topological polar surface area (TPSA) is 61.8 Å². The van der Waals surface area contributed by atoms with Crippen molar-refractivity contribution in [2.45, 2.75) is 33.2 Å². The minimum atomic E-state index is -3.10. The smallest absolute Gasteiger partial charge is 0.208 e. The number of amidine groups is 1. The molecule has 1 unspecified atom stereocenters. The second-order valence-electron chi connectivity index (χ2n) is 5.28. The Morgan fingerprint density at radius 3 is 2.72 bits per heavy atom. The molecule has 0 aromatic heterocycles. The molecule has 2 rings (SSSR count). The van der Waals surface area contributed by atoms with Gasteiger partial charge in [0, 0.05) is 18.8 Å². The van der Waals surface area contributed by atoms with E-state index in [0.717, 1.165) is 18.8 Å². The van der Waals surface area contributed by atoms with Crippen molar-refractivity contribution >= 4 is 15.9 Å². The van der Waals surface area contributed by atoms with E-state index in [1.807, 2.05) is 6.92 Å². The SMILES string of the molecule is CC1=N[C@@H](C)C(C)=C2CC(CNS(C)(=O)=O)CN12. The Morgan fingerprint density at radius 1 is 1.44 bits per heavy atom. The number of sulfonamides is 1. The van der Waals surface area contributed by atoms with Crippen molar-refractivity contribution in [2.24, 2.45) is 10.9 Å². The van der Waals surface area contributed by atoms with E-state index in [4.69, 9.17) is 0 Å². The van der Waals surface area contributed by atoms with Crippen LogP contribution in [0.4, 0.5) is 0 Å². The molecule has 6 heteroatoms. The van der Waals surface area contributed by atoms with Gasteiger partial charge in [-0.3, -0.25) is 4.99 Å². The lowest BCUT2D eigenvalue weighted by Gasteiger charge is -2.28. The van der Waals surface area contributed by atoms with Gasteiger partial charge in [-0.05, 0) is 38.7 Å². The number of rotatable bonds is 3. The number of nitrogens with zero attached hydrogens (tertiary/aromatic N) is 2. The van der Waals surface area contributed by atoms with Gasteiger partial charge >= 0.3 is 0 Å². The lowest BCUT2D eigenvalue weighted by Crippen LogP contribution is -2.33. The van der Waals surface area contributed by atoms with Crippen molar-refractivity contribution in [3.8, 4) is 0 Å². The van der Waals surface area contributed by atoms with E-state index < -0.39 is 10.0 Å². The molecule has 1 fully saturated rings. The average molecular weight is 271 g/mol. The third-order valence-corrected chi connectivity index (χ3v) is 4.43. The summed E-state index contributed by atoms with van der Waals surface area (Å²) in [6.07, 6.45) is 2.14. The maximum Gasteiger partial charge on any atom is 0.208 e. The van der Waals surface area contributed by atoms with Gasteiger partial charge in [-0.25, -0.2) is 13.1 Å².